The molecule has 7 nitrogen and oxygen atoms in total. The standard InChI is InChI=1S/C7H4N2O5S/c1-8-5-2-3-7(15(12,13)14)6(4-5)9(10)11/h2-4H,(H,12,13,14). The highest BCUT2D eigenvalue weighted by Crippen LogP contribution is 2.28. The Kier molecular flexibility index (Phi) is 2.69. The molecule has 15 heavy (non-hydrogen) atoms. The molecular formula is C7H4N2O5S. The van der Waals surface area contributed by atoms with Crippen LogP contribution in [0.15, 0.2) is 23.1 Å². The van der Waals surface area contributed by atoms with Gasteiger partial charge in [-0.25, -0.2) is 4.85 Å². The molecule has 0 saturated carbocycles. The van der Waals surface area contributed by atoms with Crippen molar-refractivity contribution in [3.63, 3.8) is 0 Å². The topological polar surface area (TPSA) is 102 Å². The van der Waals surface area contributed by atoms with E-state index in [1.54, 1.807) is 0 Å². The summed E-state index contributed by atoms with van der Waals surface area (Å²) in [5.74, 6) is 0. The second-order valence-electron chi connectivity index (χ2n) is 2.50. The summed E-state index contributed by atoms with van der Waals surface area (Å²) < 4.78 is 30.1. The highest BCUT2D eigenvalue weighted by Gasteiger charge is 2.23. The van der Waals surface area contributed by atoms with E-state index in [2.05, 4.69) is 4.85 Å². The molecule has 0 heterocycles. The lowest BCUT2D eigenvalue weighted by Gasteiger charge is -1.99. The highest BCUT2D eigenvalue weighted by molar-refractivity contribution is 7.86. The van der Waals surface area contributed by atoms with E-state index in [-0.39, 0.29) is 5.69 Å². The van der Waals surface area contributed by atoms with Gasteiger partial charge in [-0.2, -0.15) is 8.42 Å². The van der Waals surface area contributed by atoms with Crippen molar-refractivity contribution in [2.24, 2.45) is 0 Å². The van der Waals surface area contributed by atoms with Crippen molar-refractivity contribution in [2.75, 3.05) is 0 Å². The number of benzene rings is 1. The van der Waals surface area contributed by atoms with Gasteiger partial charge in [0.2, 0.25) is 0 Å². The minimum atomic E-state index is -4.65. The lowest BCUT2D eigenvalue weighted by molar-refractivity contribution is -0.387. The van der Waals surface area contributed by atoms with Crippen molar-refractivity contribution in [1.82, 2.24) is 0 Å². The molecule has 0 radical (unpaired) electrons. The number of nitro benzene ring substituents is 1. The quantitative estimate of drug-likeness (QED) is 0.356. The largest absolute Gasteiger partial charge is 0.301 e. The molecule has 78 valence electrons. The maximum atomic E-state index is 10.7. The van der Waals surface area contributed by atoms with Crippen LogP contribution in [0.4, 0.5) is 11.4 Å². The molecule has 1 rings (SSSR count). The van der Waals surface area contributed by atoms with Crippen LogP contribution in [0.3, 0.4) is 0 Å². The molecular weight excluding hydrogens is 224 g/mol. The maximum absolute atomic E-state index is 10.7. The molecule has 0 aromatic heterocycles. The van der Waals surface area contributed by atoms with Crippen LogP contribution < -0.4 is 0 Å². The van der Waals surface area contributed by atoms with Gasteiger partial charge in [-0.3, -0.25) is 14.7 Å². The third-order valence-corrected chi connectivity index (χ3v) is 2.45. The summed E-state index contributed by atoms with van der Waals surface area (Å²) in [5.41, 5.74) is -0.889. The van der Waals surface area contributed by atoms with Gasteiger partial charge in [0.05, 0.1) is 11.5 Å². The molecule has 0 aliphatic rings. The number of nitro groups is 1. The van der Waals surface area contributed by atoms with Gasteiger partial charge in [0, 0.05) is 6.07 Å². The molecule has 1 aromatic rings. The van der Waals surface area contributed by atoms with E-state index < -0.39 is 25.6 Å². The lowest BCUT2D eigenvalue weighted by Crippen LogP contribution is -2.02. The molecule has 0 bridgehead atoms. The van der Waals surface area contributed by atoms with Crippen LogP contribution in [0, 0.1) is 16.7 Å². The Bertz CT molecular complexity index is 557. The van der Waals surface area contributed by atoms with E-state index >= 15 is 0 Å². The fourth-order valence-corrected chi connectivity index (χ4v) is 1.57. The van der Waals surface area contributed by atoms with E-state index in [9.17, 15) is 18.5 Å². The number of hydrogen-bond donors (Lipinski definition) is 1. The second kappa shape index (κ2) is 3.64. The van der Waals surface area contributed by atoms with Crippen LogP contribution in [0.25, 0.3) is 4.85 Å². The number of nitrogens with zero attached hydrogens (tertiary/aromatic N) is 2. The minimum Gasteiger partial charge on any atom is -0.282 e. The zero-order chi connectivity index (χ0) is 11.6. The average molecular weight is 228 g/mol. The van der Waals surface area contributed by atoms with Gasteiger partial charge in [-0.1, -0.05) is 6.07 Å². The number of hydrogen-bond acceptors (Lipinski definition) is 4. The van der Waals surface area contributed by atoms with E-state index in [1.807, 2.05) is 0 Å². The van der Waals surface area contributed by atoms with Crippen LogP contribution in [0.2, 0.25) is 0 Å². The van der Waals surface area contributed by atoms with Crippen molar-refractivity contribution >= 4 is 21.5 Å². The molecule has 1 aromatic carbocycles. The van der Waals surface area contributed by atoms with Gasteiger partial charge in [-0.05, 0) is 6.07 Å². The normalized spacial score (nSPS) is 10.7. The van der Waals surface area contributed by atoms with Crippen LogP contribution in [0.1, 0.15) is 0 Å². The smallest absolute Gasteiger partial charge is 0.282 e. The molecule has 0 amide bonds. The maximum Gasteiger partial charge on any atom is 0.301 e. The summed E-state index contributed by atoms with van der Waals surface area (Å²) in [6.07, 6.45) is 0. The van der Waals surface area contributed by atoms with Gasteiger partial charge >= 0.3 is 10.1 Å². The Morgan fingerprint density at radius 1 is 1.47 bits per heavy atom. The van der Waals surface area contributed by atoms with Crippen molar-refractivity contribution in [2.45, 2.75) is 4.90 Å². The Morgan fingerprint density at radius 2 is 2.07 bits per heavy atom. The van der Waals surface area contributed by atoms with E-state index in [4.69, 9.17) is 11.1 Å². The van der Waals surface area contributed by atoms with Crippen molar-refractivity contribution < 1.29 is 17.9 Å². The van der Waals surface area contributed by atoms with E-state index in [0.717, 1.165) is 18.2 Å². The third kappa shape index (κ3) is 2.28. The SMILES string of the molecule is [C-]#[N+]c1ccc(S(=O)(=O)O)c([N+](=O)[O-])c1. The average Bonchev–Trinajstić information content (AvgIpc) is 2.15. The minimum absolute atomic E-state index is 0.0749. The molecule has 0 saturated heterocycles. The van der Waals surface area contributed by atoms with Crippen LogP contribution in [0.5, 0.6) is 0 Å². The Labute approximate surface area is 84.7 Å². The summed E-state index contributed by atoms with van der Waals surface area (Å²) in [7, 11) is -4.65. The fourth-order valence-electron chi connectivity index (χ4n) is 0.936. The summed E-state index contributed by atoms with van der Waals surface area (Å²) in [5, 5.41) is 10.5. The zero-order valence-corrected chi connectivity index (χ0v) is 7.93. The predicted molar refractivity (Wildman–Crippen MR) is 49.2 cm³/mol. The highest BCUT2D eigenvalue weighted by atomic mass is 32.2. The Morgan fingerprint density at radius 3 is 2.47 bits per heavy atom. The summed E-state index contributed by atoms with van der Waals surface area (Å²) >= 11 is 0. The van der Waals surface area contributed by atoms with Crippen LogP contribution in [-0.2, 0) is 10.1 Å². The first-order valence-electron chi connectivity index (χ1n) is 3.49. The van der Waals surface area contributed by atoms with Crippen molar-refractivity contribution in [3.05, 3.63) is 39.7 Å². The Hall–Kier alpha value is -1.98. The molecule has 0 fully saturated rings. The Balaban J connectivity index is 3.57. The second-order valence-corrected chi connectivity index (χ2v) is 3.89. The van der Waals surface area contributed by atoms with Crippen molar-refractivity contribution in [1.29, 1.82) is 0 Å². The third-order valence-electron chi connectivity index (χ3n) is 1.55. The van der Waals surface area contributed by atoms with Crippen molar-refractivity contribution in [3.8, 4) is 0 Å². The van der Waals surface area contributed by atoms with Crippen LogP contribution in [-0.4, -0.2) is 17.9 Å². The molecule has 1 N–H and O–H groups in total. The summed E-state index contributed by atoms with van der Waals surface area (Å²) in [6.45, 7) is 6.60. The van der Waals surface area contributed by atoms with E-state index in [1.165, 1.54) is 0 Å². The molecule has 0 aliphatic carbocycles. The van der Waals surface area contributed by atoms with Gasteiger partial charge in [0.1, 0.15) is 0 Å². The predicted octanol–water partition coefficient (Wildman–Crippen LogP) is 1.39. The molecule has 0 aliphatic heterocycles. The number of rotatable bonds is 2. The lowest BCUT2D eigenvalue weighted by atomic mass is 10.3. The molecule has 0 atom stereocenters. The van der Waals surface area contributed by atoms with Crippen LogP contribution >= 0.6 is 0 Å². The monoisotopic (exact) mass is 228 g/mol. The van der Waals surface area contributed by atoms with Gasteiger partial charge in [0.25, 0.3) is 5.69 Å². The first-order chi connectivity index (χ1) is 6.86. The molecule has 0 spiro atoms. The fraction of sp³-hybridized carbons (Fsp3) is 0. The van der Waals surface area contributed by atoms with Gasteiger partial charge in [-0.15, -0.1) is 0 Å². The zero-order valence-electron chi connectivity index (χ0n) is 7.11. The molecule has 8 heteroatoms. The first kappa shape index (κ1) is 11.1. The van der Waals surface area contributed by atoms with Gasteiger partial charge in [0.15, 0.2) is 10.6 Å². The summed E-state index contributed by atoms with van der Waals surface area (Å²) in [6, 6.07) is 2.68. The van der Waals surface area contributed by atoms with E-state index in [0.29, 0.717) is 0 Å². The molecule has 0 unspecified atom stereocenters. The van der Waals surface area contributed by atoms with Gasteiger partial charge < -0.3 is 0 Å². The first-order valence-corrected chi connectivity index (χ1v) is 4.93. The summed E-state index contributed by atoms with van der Waals surface area (Å²) in [4.78, 5) is 11.6.